The first-order valence-corrected chi connectivity index (χ1v) is 11.0. The molecule has 1 amide bonds. The predicted molar refractivity (Wildman–Crippen MR) is 126 cm³/mol. The highest BCUT2D eigenvalue weighted by Crippen LogP contribution is 2.36. The first-order chi connectivity index (χ1) is 15.0. The van der Waals surface area contributed by atoms with Gasteiger partial charge >= 0.3 is 0 Å². The van der Waals surface area contributed by atoms with Crippen LogP contribution < -0.4 is 10.9 Å². The predicted octanol–water partition coefficient (Wildman–Crippen LogP) is 4.99. The van der Waals surface area contributed by atoms with Gasteiger partial charge in [-0.3, -0.25) is 19.4 Å². The molecule has 0 saturated carbocycles. The largest absolute Gasteiger partial charge is 0.326 e. The van der Waals surface area contributed by atoms with E-state index < -0.39 is 0 Å². The smallest absolute Gasteiger partial charge is 0.275 e. The lowest BCUT2D eigenvalue weighted by atomic mass is 10.1. The molecule has 31 heavy (non-hydrogen) atoms. The van der Waals surface area contributed by atoms with E-state index in [0.29, 0.717) is 11.3 Å². The highest BCUT2D eigenvalue weighted by atomic mass is 32.2. The number of nitrogens with zero attached hydrogens (tertiary/aromatic N) is 2. The molecule has 0 radical (unpaired) electrons. The molecule has 0 bridgehead atoms. The number of para-hydroxylation sites is 1. The summed E-state index contributed by atoms with van der Waals surface area (Å²) in [5, 5.41) is 6.99. The second-order valence-electron chi connectivity index (χ2n) is 7.41. The number of H-pyrrole nitrogens is 1. The first-order valence-electron chi connectivity index (χ1n) is 10.2. The minimum Gasteiger partial charge on any atom is -0.326 e. The molecule has 0 fully saturated rings. The van der Waals surface area contributed by atoms with Gasteiger partial charge in [0.2, 0.25) is 5.91 Å². The van der Waals surface area contributed by atoms with Crippen LogP contribution in [0, 0.1) is 0 Å². The zero-order valence-corrected chi connectivity index (χ0v) is 18.5. The number of benzene rings is 2. The van der Waals surface area contributed by atoms with E-state index in [9.17, 15) is 9.59 Å². The van der Waals surface area contributed by atoms with Crippen molar-refractivity contribution >= 4 is 34.3 Å². The van der Waals surface area contributed by atoms with E-state index in [-0.39, 0.29) is 11.5 Å². The Kier molecular flexibility index (Phi) is 5.95. The Morgan fingerprint density at radius 2 is 1.90 bits per heavy atom. The maximum atomic E-state index is 12.8. The highest BCUT2D eigenvalue weighted by Gasteiger charge is 2.18. The van der Waals surface area contributed by atoms with Gasteiger partial charge in [0.25, 0.3) is 5.56 Å². The van der Waals surface area contributed by atoms with Gasteiger partial charge in [0, 0.05) is 40.5 Å². The number of nitrogens with one attached hydrogen (secondary N) is 2. The molecule has 7 heteroatoms. The monoisotopic (exact) mass is 432 g/mol. The number of anilines is 1. The molecule has 0 atom stereocenters. The summed E-state index contributed by atoms with van der Waals surface area (Å²) in [6, 6.07) is 17.7. The second-order valence-corrected chi connectivity index (χ2v) is 8.53. The van der Waals surface area contributed by atoms with Gasteiger partial charge in [0.15, 0.2) is 0 Å². The molecule has 6 nitrogen and oxygen atoms in total. The average Bonchev–Trinajstić information content (AvgIpc) is 3.02. The summed E-state index contributed by atoms with van der Waals surface area (Å²) < 4.78 is 1.52. The summed E-state index contributed by atoms with van der Waals surface area (Å²) in [5.41, 5.74) is 3.77. The van der Waals surface area contributed by atoms with Crippen molar-refractivity contribution in [3.63, 3.8) is 0 Å². The number of aromatic amines is 1. The molecule has 158 valence electrons. The van der Waals surface area contributed by atoms with E-state index in [1.54, 1.807) is 18.8 Å². The summed E-state index contributed by atoms with van der Waals surface area (Å²) in [6.07, 6.45) is 1.72. The van der Waals surface area contributed by atoms with Gasteiger partial charge in [-0.15, -0.1) is 0 Å². The molecule has 0 spiro atoms. The van der Waals surface area contributed by atoms with Gasteiger partial charge in [0.1, 0.15) is 0 Å². The molecular weight excluding hydrogens is 408 g/mol. The van der Waals surface area contributed by atoms with Gasteiger partial charge in [-0.1, -0.05) is 43.3 Å². The Hall–Kier alpha value is -3.32. The maximum absolute atomic E-state index is 12.8. The van der Waals surface area contributed by atoms with Gasteiger partial charge in [-0.25, -0.2) is 4.98 Å². The molecule has 0 aliphatic carbocycles. The van der Waals surface area contributed by atoms with Crippen molar-refractivity contribution in [1.82, 2.24) is 14.8 Å². The normalized spacial score (nSPS) is 11.1. The third-order valence-electron chi connectivity index (χ3n) is 4.96. The van der Waals surface area contributed by atoms with Crippen molar-refractivity contribution in [3.8, 4) is 11.3 Å². The van der Waals surface area contributed by atoms with E-state index in [0.717, 1.165) is 44.9 Å². The van der Waals surface area contributed by atoms with E-state index in [1.807, 2.05) is 54.6 Å². The number of carbonyl (C=O) groups is 1. The molecule has 0 aliphatic heterocycles. The molecular formula is C24H24N4O2S. The number of pyridine rings is 1. The van der Waals surface area contributed by atoms with Crippen LogP contribution in [0.3, 0.4) is 0 Å². The van der Waals surface area contributed by atoms with Crippen LogP contribution in [-0.2, 0) is 18.3 Å². The number of aryl methyl sites for hydroxylation is 2. The molecule has 4 rings (SSSR count). The molecule has 0 saturated heterocycles. The molecule has 2 heterocycles. The van der Waals surface area contributed by atoms with Crippen molar-refractivity contribution in [3.05, 3.63) is 70.6 Å². The molecule has 2 aromatic carbocycles. The summed E-state index contributed by atoms with van der Waals surface area (Å²) in [4.78, 5) is 31.0. The lowest BCUT2D eigenvalue weighted by Crippen LogP contribution is -2.13. The summed E-state index contributed by atoms with van der Waals surface area (Å²) in [5.74, 6) is -0.0962. The van der Waals surface area contributed by atoms with Crippen molar-refractivity contribution in [2.45, 2.75) is 36.5 Å². The number of hydrogen-bond acceptors (Lipinski definition) is 4. The Morgan fingerprint density at radius 1 is 1.16 bits per heavy atom. The number of fused-ring (bicyclic) bond motifs is 1. The van der Waals surface area contributed by atoms with Crippen LogP contribution in [0.25, 0.3) is 22.2 Å². The molecule has 2 aromatic heterocycles. The van der Waals surface area contributed by atoms with Crippen molar-refractivity contribution in [2.75, 3.05) is 5.32 Å². The minimum atomic E-state index is -0.0962. The molecule has 2 N–H and O–H groups in total. The number of carbonyl (C=O) groups excluding carboxylic acids is 1. The standard InChI is InChI=1S/C24H24N4O2S/c1-4-7-20-23(24(30)28(3)27-20)21-14-22(18-8-5-6-9-19(18)26-21)31-17-12-10-16(11-13-17)25-15(2)29/h5-6,8-14,27H,4,7H2,1-3H3,(H,25,29). The van der Waals surface area contributed by atoms with E-state index in [2.05, 4.69) is 17.3 Å². The topological polar surface area (TPSA) is 79.8 Å². The molecule has 0 aliphatic rings. The third-order valence-corrected chi connectivity index (χ3v) is 6.03. The number of amides is 1. The van der Waals surface area contributed by atoms with Crippen LogP contribution in [0.2, 0.25) is 0 Å². The van der Waals surface area contributed by atoms with Crippen LogP contribution >= 0.6 is 11.8 Å². The highest BCUT2D eigenvalue weighted by molar-refractivity contribution is 7.99. The van der Waals surface area contributed by atoms with Gasteiger partial charge < -0.3 is 5.32 Å². The lowest BCUT2D eigenvalue weighted by molar-refractivity contribution is -0.114. The van der Waals surface area contributed by atoms with Crippen molar-refractivity contribution < 1.29 is 4.79 Å². The molecule has 4 aromatic rings. The third kappa shape index (κ3) is 4.41. The van der Waals surface area contributed by atoms with Crippen LogP contribution in [0.15, 0.2) is 69.2 Å². The Labute approximate surface area is 184 Å². The summed E-state index contributed by atoms with van der Waals surface area (Å²) >= 11 is 1.61. The number of hydrogen-bond donors (Lipinski definition) is 2. The maximum Gasteiger partial charge on any atom is 0.275 e. The Morgan fingerprint density at radius 3 is 2.61 bits per heavy atom. The second kappa shape index (κ2) is 8.81. The zero-order valence-electron chi connectivity index (χ0n) is 17.7. The van der Waals surface area contributed by atoms with Crippen molar-refractivity contribution in [1.29, 1.82) is 0 Å². The summed E-state index contributed by atoms with van der Waals surface area (Å²) in [6.45, 7) is 3.58. The summed E-state index contributed by atoms with van der Waals surface area (Å²) in [7, 11) is 1.73. The van der Waals surface area contributed by atoms with Gasteiger partial charge in [-0.2, -0.15) is 0 Å². The zero-order chi connectivity index (χ0) is 22.0. The lowest BCUT2D eigenvalue weighted by Gasteiger charge is -2.10. The fourth-order valence-corrected chi connectivity index (χ4v) is 4.57. The SMILES string of the molecule is CCCc1[nH]n(C)c(=O)c1-c1cc(Sc2ccc(NC(C)=O)cc2)c2ccccc2n1. The van der Waals surface area contributed by atoms with Crippen LogP contribution in [0.1, 0.15) is 26.0 Å². The Bertz CT molecular complexity index is 1310. The van der Waals surface area contributed by atoms with Crippen LogP contribution in [0.4, 0.5) is 5.69 Å². The van der Waals surface area contributed by atoms with Gasteiger partial charge in [-0.05, 0) is 42.8 Å². The number of rotatable bonds is 6. The van der Waals surface area contributed by atoms with Crippen LogP contribution in [0.5, 0.6) is 0 Å². The Balaban J connectivity index is 1.80. The quantitative estimate of drug-likeness (QED) is 0.450. The van der Waals surface area contributed by atoms with Gasteiger partial charge in [0.05, 0.1) is 16.8 Å². The van der Waals surface area contributed by atoms with Crippen LogP contribution in [-0.4, -0.2) is 20.7 Å². The van der Waals surface area contributed by atoms with E-state index in [1.165, 1.54) is 11.6 Å². The first kappa shape index (κ1) is 20.9. The fourth-order valence-electron chi connectivity index (χ4n) is 3.59. The minimum absolute atomic E-state index is 0.0677. The van der Waals surface area contributed by atoms with E-state index in [4.69, 9.17) is 4.98 Å². The number of aromatic nitrogens is 3. The van der Waals surface area contributed by atoms with Crippen molar-refractivity contribution in [2.24, 2.45) is 7.05 Å². The average molecular weight is 433 g/mol. The molecule has 0 unspecified atom stereocenters. The fraction of sp³-hybridized carbons (Fsp3) is 0.208. The van der Waals surface area contributed by atoms with E-state index >= 15 is 0 Å².